The van der Waals surface area contributed by atoms with Crippen molar-refractivity contribution in [3.05, 3.63) is 69.6 Å². The fraction of sp³-hybridized carbons (Fsp3) is 0.438. The van der Waals surface area contributed by atoms with Crippen molar-refractivity contribution in [1.29, 1.82) is 0 Å². The van der Waals surface area contributed by atoms with E-state index in [9.17, 15) is 23.1 Å². The minimum atomic E-state index is -3.59. The summed E-state index contributed by atoms with van der Waals surface area (Å²) in [4.78, 5) is 23.8. The van der Waals surface area contributed by atoms with Gasteiger partial charge in [-0.1, -0.05) is 0 Å². The summed E-state index contributed by atoms with van der Waals surface area (Å²) >= 11 is 0. The number of hydrogen-bond acceptors (Lipinski definition) is 7. The number of aromatic nitrogens is 1. The first-order valence-corrected chi connectivity index (χ1v) is 16.2. The van der Waals surface area contributed by atoms with E-state index in [0.29, 0.717) is 59.7 Å². The predicted octanol–water partition coefficient (Wildman–Crippen LogP) is 5.41. The molecule has 0 aliphatic heterocycles. The highest BCUT2D eigenvalue weighted by molar-refractivity contribution is 7.92. The SMILES string of the molecule is CCS(=O)(=O)Nc1ccc(Oc2c(C)cc(C(C)(C)O)cc2C)c(-c2cn(C)c(=O)cc2OC2CCC(NC(=O)O)CC2)c1. The molecular formula is C32H41N3O8S. The van der Waals surface area contributed by atoms with Crippen molar-refractivity contribution >= 4 is 21.8 Å². The zero-order valence-corrected chi connectivity index (χ0v) is 26.7. The van der Waals surface area contributed by atoms with Crippen LogP contribution in [0.25, 0.3) is 11.1 Å². The molecular weight excluding hydrogens is 586 g/mol. The Balaban J connectivity index is 1.79. The van der Waals surface area contributed by atoms with Gasteiger partial charge in [0.2, 0.25) is 10.0 Å². The monoisotopic (exact) mass is 627 g/mol. The van der Waals surface area contributed by atoms with Gasteiger partial charge in [-0.2, -0.15) is 0 Å². The Hall–Kier alpha value is -4.03. The quantitative estimate of drug-likeness (QED) is 0.233. The van der Waals surface area contributed by atoms with Gasteiger partial charge in [-0.05, 0) is 107 Å². The highest BCUT2D eigenvalue weighted by Gasteiger charge is 2.26. The van der Waals surface area contributed by atoms with Crippen LogP contribution in [0, 0.1) is 13.8 Å². The maximum absolute atomic E-state index is 12.8. The fourth-order valence-electron chi connectivity index (χ4n) is 5.31. The molecule has 3 aromatic rings. The lowest BCUT2D eigenvalue weighted by molar-refractivity contribution is 0.0784. The van der Waals surface area contributed by atoms with Crippen LogP contribution in [-0.4, -0.2) is 47.2 Å². The summed E-state index contributed by atoms with van der Waals surface area (Å²) in [6, 6.07) is 9.90. The Morgan fingerprint density at radius 2 is 1.66 bits per heavy atom. The molecule has 0 saturated heterocycles. The van der Waals surface area contributed by atoms with Gasteiger partial charge in [-0.15, -0.1) is 0 Å². The minimum absolute atomic E-state index is 0.111. The van der Waals surface area contributed by atoms with Crippen molar-refractivity contribution in [2.24, 2.45) is 7.05 Å². The predicted molar refractivity (Wildman–Crippen MR) is 169 cm³/mol. The number of amides is 1. The summed E-state index contributed by atoms with van der Waals surface area (Å²) in [5, 5.41) is 22.1. The molecule has 1 aliphatic carbocycles. The Morgan fingerprint density at radius 1 is 1.02 bits per heavy atom. The number of sulfonamides is 1. The van der Waals surface area contributed by atoms with E-state index in [1.54, 1.807) is 52.2 Å². The Kier molecular flexibility index (Phi) is 9.65. The van der Waals surface area contributed by atoms with E-state index in [1.165, 1.54) is 10.6 Å². The van der Waals surface area contributed by atoms with Crippen molar-refractivity contribution < 1.29 is 32.9 Å². The van der Waals surface area contributed by atoms with Gasteiger partial charge in [0.25, 0.3) is 5.56 Å². The van der Waals surface area contributed by atoms with Crippen molar-refractivity contribution in [3.63, 3.8) is 0 Å². The summed E-state index contributed by atoms with van der Waals surface area (Å²) < 4.78 is 41.8. The second-order valence-corrected chi connectivity index (χ2v) is 13.9. The highest BCUT2D eigenvalue weighted by atomic mass is 32.2. The first-order valence-electron chi connectivity index (χ1n) is 14.6. The van der Waals surface area contributed by atoms with Crippen LogP contribution in [0.4, 0.5) is 10.5 Å². The van der Waals surface area contributed by atoms with Crippen molar-refractivity contribution in [3.8, 4) is 28.4 Å². The highest BCUT2D eigenvalue weighted by Crippen LogP contribution is 2.42. The molecule has 0 atom stereocenters. The van der Waals surface area contributed by atoms with Gasteiger partial charge < -0.3 is 29.6 Å². The largest absolute Gasteiger partial charge is 0.490 e. The Bertz CT molecular complexity index is 1680. The second kappa shape index (κ2) is 12.9. The molecule has 1 aliphatic rings. The third kappa shape index (κ3) is 7.92. The number of aryl methyl sites for hydroxylation is 3. The number of pyridine rings is 1. The molecule has 12 heteroatoms. The summed E-state index contributed by atoms with van der Waals surface area (Å²) in [6.45, 7) is 8.75. The summed E-state index contributed by atoms with van der Waals surface area (Å²) in [5.74, 6) is 1.19. The molecule has 1 saturated carbocycles. The number of rotatable bonds is 10. The number of hydrogen-bond donors (Lipinski definition) is 4. The average molecular weight is 628 g/mol. The van der Waals surface area contributed by atoms with Crippen LogP contribution >= 0.6 is 0 Å². The van der Waals surface area contributed by atoms with E-state index in [-0.39, 0.29) is 23.5 Å². The van der Waals surface area contributed by atoms with Gasteiger partial charge in [0.1, 0.15) is 17.2 Å². The normalized spacial score (nSPS) is 17.2. The van der Waals surface area contributed by atoms with Crippen LogP contribution < -0.4 is 25.1 Å². The van der Waals surface area contributed by atoms with Crippen LogP contribution in [0.5, 0.6) is 17.2 Å². The minimum Gasteiger partial charge on any atom is -0.490 e. The second-order valence-electron chi connectivity index (χ2n) is 11.9. The average Bonchev–Trinajstić information content (AvgIpc) is 2.93. The Morgan fingerprint density at radius 3 is 2.23 bits per heavy atom. The Labute approximate surface area is 257 Å². The first-order chi connectivity index (χ1) is 20.6. The van der Waals surface area contributed by atoms with Crippen LogP contribution in [0.1, 0.15) is 63.1 Å². The molecule has 4 rings (SSSR count). The number of carbonyl (C=O) groups is 1. The van der Waals surface area contributed by atoms with Crippen molar-refractivity contribution in [2.75, 3.05) is 10.5 Å². The van der Waals surface area contributed by atoms with Gasteiger partial charge in [0, 0.05) is 42.2 Å². The topological polar surface area (TPSA) is 156 Å². The molecule has 238 valence electrons. The standard InChI is InChI=1S/C32H41N3O8S/c1-7-44(40,41)34-23-10-13-27(43-30-19(2)14-21(15-20(30)3)32(4,5)39)25(16-23)26-18-35(6)29(36)17-28(26)42-24-11-8-22(9-12-24)33-31(37)38/h10,13-18,22,24,33-34,39H,7-9,11-12H2,1-6H3,(H,37,38). The lowest BCUT2D eigenvalue weighted by Crippen LogP contribution is -2.39. The fourth-order valence-corrected chi connectivity index (χ4v) is 5.94. The van der Waals surface area contributed by atoms with Crippen LogP contribution in [0.2, 0.25) is 0 Å². The number of anilines is 1. The molecule has 11 nitrogen and oxygen atoms in total. The summed E-state index contributed by atoms with van der Waals surface area (Å²) in [6.07, 6.45) is 2.69. The molecule has 0 radical (unpaired) electrons. The number of carboxylic acid groups (broad SMARTS) is 1. The van der Waals surface area contributed by atoms with Crippen molar-refractivity contribution in [1.82, 2.24) is 9.88 Å². The molecule has 0 bridgehead atoms. The number of ether oxygens (including phenoxy) is 2. The summed E-state index contributed by atoms with van der Waals surface area (Å²) in [7, 11) is -1.97. The van der Waals surface area contributed by atoms with Gasteiger partial charge in [-0.3, -0.25) is 9.52 Å². The van der Waals surface area contributed by atoms with Gasteiger partial charge in [0.05, 0.1) is 17.5 Å². The lowest BCUT2D eigenvalue weighted by Gasteiger charge is -2.29. The molecule has 1 fully saturated rings. The number of aliphatic hydroxyl groups is 1. The molecule has 0 unspecified atom stereocenters. The maximum atomic E-state index is 12.8. The van der Waals surface area contributed by atoms with Gasteiger partial charge in [-0.25, -0.2) is 13.2 Å². The third-order valence-corrected chi connectivity index (χ3v) is 9.09. The van der Waals surface area contributed by atoms with E-state index < -0.39 is 21.7 Å². The molecule has 1 amide bonds. The van der Waals surface area contributed by atoms with E-state index >= 15 is 0 Å². The molecule has 1 aromatic heterocycles. The zero-order valence-electron chi connectivity index (χ0n) is 25.9. The molecule has 1 heterocycles. The van der Waals surface area contributed by atoms with Crippen molar-refractivity contribution in [2.45, 2.75) is 78.0 Å². The molecule has 4 N–H and O–H groups in total. The van der Waals surface area contributed by atoms with E-state index in [0.717, 1.165) is 16.7 Å². The molecule has 2 aromatic carbocycles. The van der Waals surface area contributed by atoms with Gasteiger partial charge in [0.15, 0.2) is 0 Å². The molecule has 44 heavy (non-hydrogen) atoms. The van der Waals surface area contributed by atoms with Gasteiger partial charge >= 0.3 is 6.09 Å². The smallest absolute Gasteiger partial charge is 0.404 e. The van der Waals surface area contributed by atoms with Crippen LogP contribution in [0.15, 0.2) is 47.4 Å². The lowest BCUT2D eigenvalue weighted by atomic mass is 9.93. The van der Waals surface area contributed by atoms with E-state index in [4.69, 9.17) is 14.6 Å². The van der Waals surface area contributed by atoms with Crippen LogP contribution in [-0.2, 0) is 22.7 Å². The zero-order chi connectivity index (χ0) is 32.4. The van der Waals surface area contributed by atoms with E-state index in [2.05, 4.69) is 10.0 Å². The number of nitrogens with zero attached hydrogens (tertiary/aromatic N) is 1. The third-order valence-electron chi connectivity index (χ3n) is 7.79. The molecule has 0 spiro atoms. The van der Waals surface area contributed by atoms with E-state index in [1.807, 2.05) is 26.0 Å². The van der Waals surface area contributed by atoms with Crippen LogP contribution in [0.3, 0.4) is 0 Å². The number of nitrogens with one attached hydrogen (secondary N) is 2. The number of benzene rings is 2. The maximum Gasteiger partial charge on any atom is 0.404 e. The first kappa shape index (κ1) is 32.9. The summed E-state index contributed by atoms with van der Waals surface area (Å²) in [5.41, 5.74) is 2.35.